The number of alkyl halides is 3. The summed E-state index contributed by atoms with van der Waals surface area (Å²) in [5, 5.41) is 9.51. The highest BCUT2D eigenvalue weighted by molar-refractivity contribution is 5.97. The summed E-state index contributed by atoms with van der Waals surface area (Å²) in [7, 11) is 0. The van der Waals surface area contributed by atoms with Gasteiger partial charge in [0.05, 0.1) is 12.2 Å². The molecule has 9 heteroatoms. The fourth-order valence-corrected chi connectivity index (χ4v) is 3.74. The van der Waals surface area contributed by atoms with Crippen molar-refractivity contribution >= 4 is 11.9 Å². The third-order valence-corrected chi connectivity index (χ3v) is 5.29. The highest BCUT2D eigenvalue weighted by Gasteiger charge is 2.54. The minimum atomic E-state index is -4.59. The largest absolute Gasteiger partial charge is 0.480 e. The Balaban J connectivity index is 1.95. The predicted molar refractivity (Wildman–Crippen MR) is 89.1 cm³/mol. The number of halogens is 3. The summed E-state index contributed by atoms with van der Waals surface area (Å²) >= 11 is 0. The molecule has 1 atom stereocenters. The van der Waals surface area contributed by atoms with Crippen molar-refractivity contribution in [2.75, 3.05) is 26.2 Å². The molecule has 0 bridgehead atoms. The smallest absolute Gasteiger partial charge is 0.416 e. The number of likely N-dealkylation sites (tertiary alicyclic amines) is 1. The molecule has 1 aromatic rings. The molecule has 0 saturated carbocycles. The number of rotatable bonds is 3. The number of ether oxygens (including phenoxy) is 1. The van der Waals surface area contributed by atoms with Crippen LogP contribution in [0.5, 0.6) is 0 Å². The van der Waals surface area contributed by atoms with Crippen LogP contribution >= 0.6 is 0 Å². The van der Waals surface area contributed by atoms with Crippen LogP contribution < -0.4 is 0 Å². The lowest BCUT2D eigenvalue weighted by atomic mass is 9.96. The second kappa shape index (κ2) is 7.12. The van der Waals surface area contributed by atoms with Gasteiger partial charge in [0.1, 0.15) is 5.72 Å². The van der Waals surface area contributed by atoms with Gasteiger partial charge in [0.2, 0.25) is 0 Å². The first-order valence-electron chi connectivity index (χ1n) is 8.78. The first kappa shape index (κ1) is 19.6. The van der Waals surface area contributed by atoms with Gasteiger partial charge in [0, 0.05) is 31.5 Å². The number of amides is 1. The van der Waals surface area contributed by atoms with E-state index in [2.05, 4.69) is 4.90 Å². The maximum Gasteiger partial charge on any atom is 0.416 e. The molecule has 3 rings (SSSR count). The number of carbonyl (C=O) groups excluding carboxylic acids is 1. The van der Waals surface area contributed by atoms with Crippen LogP contribution in [0.15, 0.2) is 24.3 Å². The molecule has 148 valence electrons. The van der Waals surface area contributed by atoms with Crippen molar-refractivity contribution in [1.82, 2.24) is 9.80 Å². The average molecular weight is 386 g/mol. The summed E-state index contributed by atoms with van der Waals surface area (Å²) in [6.45, 7) is 3.88. The van der Waals surface area contributed by atoms with E-state index in [1.807, 2.05) is 6.92 Å². The molecule has 1 amide bonds. The van der Waals surface area contributed by atoms with Crippen LogP contribution in [-0.2, 0) is 15.7 Å². The molecular formula is C18H21F3N2O4. The van der Waals surface area contributed by atoms with E-state index >= 15 is 0 Å². The van der Waals surface area contributed by atoms with E-state index in [0.29, 0.717) is 25.9 Å². The lowest BCUT2D eigenvalue weighted by molar-refractivity contribution is -0.144. The van der Waals surface area contributed by atoms with E-state index in [1.54, 1.807) is 0 Å². The molecule has 0 radical (unpaired) electrons. The summed E-state index contributed by atoms with van der Waals surface area (Å²) in [4.78, 5) is 28.0. The number of carboxylic acids is 1. The number of benzene rings is 1. The van der Waals surface area contributed by atoms with Crippen molar-refractivity contribution in [3.63, 3.8) is 0 Å². The molecule has 0 aliphatic carbocycles. The fraction of sp³-hybridized carbons (Fsp3) is 0.556. The Morgan fingerprint density at radius 3 is 2.52 bits per heavy atom. The van der Waals surface area contributed by atoms with Gasteiger partial charge in [0.15, 0.2) is 6.04 Å². The topological polar surface area (TPSA) is 70.1 Å². The minimum absolute atomic E-state index is 0.174. The summed E-state index contributed by atoms with van der Waals surface area (Å²) in [6.07, 6.45) is -3.77. The van der Waals surface area contributed by atoms with Gasteiger partial charge in [0.25, 0.3) is 5.91 Å². The molecular weight excluding hydrogens is 365 g/mol. The van der Waals surface area contributed by atoms with Crippen molar-refractivity contribution in [3.8, 4) is 0 Å². The number of carboxylic acid groups (broad SMARTS) is 1. The average Bonchev–Trinajstić information content (AvgIpc) is 3.00. The van der Waals surface area contributed by atoms with Gasteiger partial charge in [-0.05, 0) is 24.7 Å². The van der Waals surface area contributed by atoms with Crippen LogP contribution in [0.4, 0.5) is 13.2 Å². The molecule has 1 N–H and O–H groups in total. The molecule has 2 aliphatic heterocycles. The van der Waals surface area contributed by atoms with Crippen LogP contribution in [0.3, 0.4) is 0 Å². The normalized spacial score (nSPS) is 23.0. The highest BCUT2D eigenvalue weighted by atomic mass is 19.4. The first-order valence-corrected chi connectivity index (χ1v) is 8.78. The van der Waals surface area contributed by atoms with E-state index in [-0.39, 0.29) is 12.2 Å². The summed E-state index contributed by atoms with van der Waals surface area (Å²) in [5.41, 5.74) is -2.24. The Morgan fingerprint density at radius 1 is 1.30 bits per heavy atom. The van der Waals surface area contributed by atoms with Gasteiger partial charge >= 0.3 is 12.1 Å². The monoisotopic (exact) mass is 386 g/mol. The van der Waals surface area contributed by atoms with E-state index < -0.39 is 35.4 Å². The Morgan fingerprint density at radius 2 is 1.96 bits per heavy atom. The van der Waals surface area contributed by atoms with E-state index in [4.69, 9.17) is 4.74 Å². The molecule has 6 nitrogen and oxygen atoms in total. The van der Waals surface area contributed by atoms with E-state index in [0.717, 1.165) is 29.6 Å². The number of carbonyl (C=O) groups is 2. The van der Waals surface area contributed by atoms with Crippen LogP contribution in [0.2, 0.25) is 0 Å². The Hall–Kier alpha value is -2.13. The maximum atomic E-state index is 13.1. The van der Waals surface area contributed by atoms with Crippen LogP contribution in [-0.4, -0.2) is 64.8 Å². The predicted octanol–water partition coefficient (Wildman–Crippen LogP) is 2.44. The molecule has 2 aliphatic rings. The second-order valence-corrected chi connectivity index (χ2v) is 6.80. The second-order valence-electron chi connectivity index (χ2n) is 6.80. The third-order valence-electron chi connectivity index (χ3n) is 5.29. The van der Waals surface area contributed by atoms with Gasteiger partial charge in [-0.1, -0.05) is 13.0 Å². The zero-order valence-electron chi connectivity index (χ0n) is 14.8. The van der Waals surface area contributed by atoms with Crippen molar-refractivity contribution in [2.45, 2.75) is 37.7 Å². The van der Waals surface area contributed by atoms with Gasteiger partial charge in [-0.25, -0.2) is 4.79 Å². The number of aliphatic carboxylic acids is 1. The Bertz CT molecular complexity index is 730. The van der Waals surface area contributed by atoms with Crippen molar-refractivity contribution in [3.05, 3.63) is 35.4 Å². The van der Waals surface area contributed by atoms with Gasteiger partial charge in [-0.3, -0.25) is 9.69 Å². The van der Waals surface area contributed by atoms with Crippen LogP contribution in [0.1, 0.15) is 35.7 Å². The SMILES string of the molecule is CCN1CCC2(CC1)OC[C@@H](C(=O)O)N2C(=O)c1cccc(C(F)(F)F)c1. The van der Waals surface area contributed by atoms with Crippen molar-refractivity contribution in [2.24, 2.45) is 0 Å². The molecule has 1 aromatic carbocycles. The molecule has 27 heavy (non-hydrogen) atoms. The van der Waals surface area contributed by atoms with Gasteiger partial charge in [-0.2, -0.15) is 13.2 Å². The van der Waals surface area contributed by atoms with Crippen molar-refractivity contribution < 1.29 is 32.6 Å². The Kier molecular flexibility index (Phi) is 5.18. The number of hydrogen-bond donors (Lipinski definition) is 1. The molecule has 2 heterocycles. The maximum absolute atomic E-state index is 13.1. The highest BCUT2D eigenvalue weighted by Crippen LogP contribution is 2.39. The quantitative estimate of drug-likeness (QED) is 0.864. The molecule has 0 aromatic heterocycles. The lowest BCUT2D eigenvalue weighted by Crippen LogP contribution is -2.58. The molecule has 1 spiro atoms. The van der Waals surface area contributed by atoms with Crippen LogP contribution in [0, 0.1) is 0 Å². The number of piperidine rings is 1. The summed E-state index contributed by atoms with van der Waals surface area (Å²) < 4.78 is 44.8. The van der Waals surface area contributed by atoms with E-state index in [1.165, 1.54) is 6.07 Å². The van der Waals surface area contributed by atoms with Gasteiger partial charge < -0.3 is 14.7 Å². The summed E-state index contributed by atoms with van der Waals surface area (Å²) in [5.74, 6) is -1.99. The molecule has 2 fully saturated rings. The summed E-state index contributed by atoms with van der Waals surface area (Å²) in [6, 6.07) is 2.83. The zero-order chi connectivity index (χ0) is 19.8. The Labute approximate surface area is 154 Å². The van der Waals surface area contributed by atoms with E-state index in [9.17, 15) is 27.9 Å². The number of hydrogen-bond acceptors (Lipinski definition) is 4. The first-order chi connectivity index (χ1) is 12.7. The standard InChI is InChI=1S/C18H21F3N2O4/c1-2-22-8-6-17(7-9-22)23(14(11-27-17)16(25)26)15(24)12-4-3-5-13(10-12)18(19,20)21/h3-5,10,14H,2,6-9,11H2,1H3,(H,25,26)/t14-/m0/s1. The minimum Gasteiger partial charge on any atom is -0.480 e. The molecule has 0 unspecified atom stereocenters. The third kappa shape index (κ3) is 3.66. The molecule has 2 saturated heterocycles. The van der Waals surface area contributed by atoms with Gasteiger partial charge in [-0.15, -0.1) is 0 Å². The zero-order valence-corrected chi connectivity index (χ0v) is 14.8. The fourth-order valence-electron chi connectivity index (χ4n) is 3.74. The number of nitrogens with zero attached hydrogens (tertiary/aromatic N) is 2. The van der Waals surface area contributed by atoms with Crippen molar-refractivity contribution in [1.29, 1.82) is 0 Å². The lowest BCUT2D eigenvalue weighted by Gasteiger charge is -2.44. The van der Waals surface area contributed by atoms with Crippen LogP contribution in [0.25, 0.3) is 0 Å².